The third-order valence-corrected chi connectivity index (χ3v) is 2.72. The Morgan fingerprint density at radius 1 is 1.39 bits per heavy atom. The zero-order valence-corrected chi connectivity index (χ0v) is 11.2. The summed E-state index contributed by atoms with van der Waals surface area (Å²) >= 11 is 0. The number of nitrogens with zero attached hydrogens (tertiary/aromatic N) is 2. The van der Waals surface area contributed by atoms with Gasteiger partial charge < -0.3 is 5.32 Å². The maximum absolute atomic E-state index is 11.6. The Hall–Kier alpha value is -1.48. The van der Waals surface area contributed by atoms with E-state index in [0.29, 0.717) is 5.82 Å². The minimum atomic E-state index is -3.23. The van der Waals surface area contributed by atoms with E-state index in [9.17, 15) is 13.2 Å². The summed E-state index contributed by atoms with van der Waals surface area (Å²) in [6.45, 7) is 2.32. The molecule has 1 heterocycles. The van der Waals surface area contributed by atoms with Crippen LogP contribution in [-0.2, 0) is 16.4 Å². The van der Waals surface area contributed by atoms with Crippen molar-refractivity contribution in [2.75, 3.05) is 19.3 Å². The molecule has 102 valence electrons. The number of nitrogens with one attached hydrogen (secondary N) is 3. The number of carbonyl (C=O) groups is 1. The van der Waals surface area contributed by atoms with E-state index in [4.69, 9.17) is 0 Å². The Morgan fingerprint density at radius 3 is 2.72 bits per heavy atom. The first-order valence-electron chi connectivity index (χ1n) is 5.56. The van der Waals surface area contributed by atoms with Gasteiger partial charge in [0.15, 0.2) is 0 Å². The summed E-state index contributed by atoms with van der Waals surface area (Å²) < 4.78 is 23.8. The first kappa shape index (κ1) is 14.6. The van der Waals surface area contributed by atoms with E-state index in [-0.39, 0.29) is 18.9 Å². The molecule has 8 nitrogen and oxygen atoms in total. The lowest BCUT2D eigenvalue weighted by atomic mass is 10.3. The topological polar surface area (TPSA) is 117 Å². The average molecular weight is 275 g/mol. The van der Waals surface area contributed by atoms with E-state index >= 15 is 0 Å². The van der Waals surface area contributed by atoms with Gasteiger partial charge in [-0.25, -0.2) is 18.1 Å². The van der Waals surface area contributed by atoms with Gasteiger partial charge in [-0.2, -0.15) is 0 Å². The molecule has 0 bridgehead atoms. The van der Waals surface area contributed by atoms with Gasteiger partial charge in [-0.15, -0.1) is 5.10 Å². The van der Waals surface area contributed by atoms with Crippen molar-refractivity contribution >= 4 is 15.9 Å². The zero-order chi connectivity index (χ0) is 13.6. The largest absolute Gasteiger partial charge is 0.348 e. The summed E-state index contributed by atoms with van der Waals surface area (Å²) in [7, 11) is -3.23. The highest BCUT2D eigenvalue weighted by atomic mass is 32.2. The van der Waals surface area contributed by atoms with Crippen LogP contribution in [0.1, 0.15) is 29.8 Å². The number of aryl methyl sites for hydroxylation is 1. The number of sulfonamides is 1. The van der Waals surface area contributed by atoms with Crippen LogP contribution >= 0.6 is 0 Å². The Kier molecular flexibility index (Phi) is 5.23. The Balaban J connectivity index is 2.36. The molecule has 0 aliphatic heterocycles. The molecule has 0 unspecified atom stereocenters. The molecule has 0 fully saturated rings. The SMILES string of the molecule is CCCc1nc(C(=O)NCCNS(C)(=O)=O)n[nH]1. The van der Waals surface area contributed by atoms with Crippen LogP contribution in [0.4, 0.5) is 0 Å². The molecule has 1 aromatic heterocycles. The molecule has 0 atom stereocenters. The Morgan fingerprint density at radius 2 is 2.11 bits per heavy atom. The summed E-state index contributed by atoms with van der Waals surface area (Å²) in [5, 5.41) is 8.96. The van der Waals surface area contributed by atoms with Crippen molar-refractivity contribution in [3.63, 3.8) is 0 Å². The van der Waals surface area contributed by atoms with Crippen LogP contribution in [0.25, 0.3) is 0 Å². The fourth-order valence-corrected chi connectivity index (χ4v) is 1.71. The molecule has 0 radical (unpaired) electrons. The molecule has 1 aromatic rings. The van der Waals surface area contributed by atoms with Gasteiger partial charge in [0.1, 0.15) is 5.82 Å². The van der Waals surface area contributed by atoms with Crippen LogP contribution in [0, 0.1) is 0 Å². The van der Waals surface area contributed by atoms with Gasteiger partial charge in [0.25, 0.3) is 5.91 Å². The lowest BCUT2D eigenvalue weighted by Crippen LogP contribution is -2.34. The minimum Gasteiger partial charge on any atom is -0.348 e. The summed E-state index contributed by atoms with van der Waals surface area (Å²) in [5.41, 5.74) is 0. The van der Waals surface area contributed by atoms with Crippen molar-refractivity contribution in [1.29, 1.82) is 0 Å². The smallest absolute Gasteiger partial charge is 0.291 e. The van der Waals surface area contributed by atoms with Crippen LogP contribution in [0.2, 0.25) is 0 Å². The maximum Gasteiger partial charge on any atom is 0.291 e. The van der Waals surface area contributed by atoms with Gasteiger partial charge in [-0.3, -0.25) is 9.89 Å². The monoisotopic (exact) mass is 275 g/mol. The van der Waals surface area contributed by atoms with Crippen molar-refractivity contribution in [1.82, 2.24) is 25.2 Å². The van der Waals surface area contributed by atoms with Crippen molar-refractivity contribution in [2.24, 2.45) is 0 Å². The van der Waals surface area contributed by atoms with Crippen LogP contribution in [0.15, 0.2) is 0 Å². The predicted molar refractivity (Wildman–Crippen MR) is 65.6 cm³/mol. The molecule has 0 aromatic carbocycles. The van der Waals surface area contributed by atoms with Crippen LogP contribution in [0.5, 0.6) is 0 Å². The Labute approximate surface area is 106 Å². The second-order valence-corrected chi connectivity index (χ2v) is 5.61. The summed E-state index contributed by atoms with van der Waals surface area (Å²) in [5.74, 6) is 0.304. The number of rotatable bonds is 7. The summed E-state index contributed by atoms with van der Waals surface area (Å²) in [4.78, 5) is 15.6. The third-order valence-electron chi connectivity index (χ3n) is 2.00. The highest BCUT2D eigenvalue weighted by Crippen LogP contribution is 1.96. The molecule has 1 amide bonds. The lowest BCUT2D eigenvalue weighted by Gasteiger charge is -2.02. The van der Waals surface area contributed by atoms with Gasteiger partial charge in [0.2, 0.25) is 15.8 Å². The molecule has 0 aliphatic rings. The first-order valence-corrected chi connectivity index (χ1v) is 7.45. The number of amides is 1. The quantitative estimate of drug-likeness (QED) is 0.554. The van der Waals surface area contributed by atoms with Crippen molar-refractivity contribution in [2.45, 2.75) is 19.8 Å². The van der Waals surface area contributed by atoms with E-state index in [1.54, 1.807) is 0 Å². The van der Waals surface area contributed by atoms with Crippen molar-refractivity contribution in [3.8, 4) is 0 Å². The minimum absolute atomic E-state index is 0.0674. The third kappa shape index (κ3) is 5.23. The maximum atomic E-state index is 11.6. The predicted octanol–water partition coefficient (Wildman–Crippen LogP) is -0.964. The van der Waals surface area contributed by atoms with E-state index in [2.05, 4.69) is 25.2 Å². The molecule has 9 heteroatoms. The molecular weight excluding hydrogens is 258 g/mol. The molecule has 3 N–H and O–H groups in total. The van der Waals surface area contributed by atoms with Crippen LogP contribution < -0.4 is 10.0 Å². The van der Waals surface area contributed by atoms with E-state index in [1.807, 2.05) is 6.92 Å². The fourth-order valence-electron chi connectivity index (χ4n) is 1.24. The van der Waals surface area contributed by atoms with Crippen molar-refractivity contribution in [3.05, 3.63) is 11.6 Å². The molecule has 0 aliphatic carbocycles. The highest BCUT2D eigenvalue weighted by Gasteiger charge is 2.11. The highest BCUT2D eigenvalue weighted by molar-refractivity contribution is 7.88. The fraction of sp³-hybridized carbons (Fsp3) is 0.667. The van der Waals surface area contributed by atoms with Gasteiger partial charge >= 0.3 is 0 Å². The van der Waals surface area contributed by atoms with Crippen molar-refractivity contribution < 1.29 is 13.2 Å². The standard InChI is InChI=1S/C9H17N5O3S/c1-3-4-7-12-8(14-13-7)9(15)10-5-6-11-18(2,16)17/h11H,3-6H2,1-2H3,(H,10,15)(H,12,13,14). The average Bonchev–Trinajstić information content (AvgIpc) is 2.72. The van der Waals surface area contributed by atoms with E-state index < -0.39 is 15.9 Å². The second-order valence-electron chi connectivity index (χ2n) is 3.78. The van der Waals surface area contributed by atoms with Gasteiger partial charge in [-0.1, -0.05) is 6.92 Å². The number of H-pyrrole nitrogens is 1. The van der Waals surface area contributed by atoms with E-state index in [0.717, 1.165) is 19.1 Å². The van der Waals surface area contributed by atoms with Gasteiger partial charge in [0.05, 0.1) is 6.26 Å². The van der Waals surface area contributed by atoms with Gasteiger partial charge in [-0.05, 0) is 6.42 Å². The molecule has 0 saturated heterocycles. The number of aromatic nitrogens is 3. The number of aromatic amines is 1. The normalized spacial score (nSPS) is 11.4. The summed E-state index contributed by atoms with van der Waals surface area (Å²) in [6.07, 6.45) is 2.70. The number of hydrogen-bond acceptors (Lipinski definition) is 5. The van der Waals surface area contributed by atoms with E-state index in [1.165, 1.54) is 0 Å². The first-order chi connectivity index (χ1) is 8.42. The summed E-state index contributed by atoms with van der Waals surface area (Å²) in [6, 6.07) is 0. The molecule has 18 heavy (non-hydrogen) atoms. The molecule has 0 saturated carbocycles. The molecular formula is C9H17N5O3S. The van der Waals surface area contributed by atoms with Gasteiger partial charge in [0, 0.05) is 19.5 Å². The zero-order valence-electron chi connectivity index (χ0n) is 10.4. The molecule has 0 spiro atoms. The second kappa shape index (κ2) is 6.45. The van der Waals surface area contributed by atoms with Crippen LogP contribution in [-0.4, -0.2) is 48.9 Å². The molecule has 1 rings (SSSR count). The Bertz CT molecular complexity index is 496. The van der Waals surface area contributed by atoms with Crippen LogP contribution in [0.3, 0.4) is 0 Å². The number of carbonyl (C=O) groups excluding carboxylic acids is 1. The number of hydrogen-bond donors (Lipinski definition) is 3. The lowest BCUT2D eigenvalue weighted by molar-refractivity contribution is 0.0944.